The summed E-state index contributed by atoms with van der Waals surface area (Å²) in [7, 11) is 0. The first-order valence-electron chi connectivity index (χ1n) is 20.9. The van der Waals surface area contributed by atoms with Gasteiger partial charge in [0.05, 0.1) is 6.54 Å². The molecule has 2 fully saturated rings. The van der Waals surface area contributed by atoms with Crippen LogP contribution in [0, 0.1) is 11.8 Å². The van der Waals surface area contributed by atoms with Crippen molar-refractivity contribution in [2.75, 3.05) is 32.8 Å². The predicted molar refractivity (Wildman–Crippen MR) is 222 cm³/mol. The van der Waals surface area contributed by atoms with Crippen LogP contribution in [0.2, 0.25) is 0 Å². The number of piperidine rings is 2. The van der Waals surface area contributed by atoms with Crippen molar-refractivity contribution in [2.45, 2.75) is 96.1 Å². The monoisotopic (exact) mass is 817 g/mol. The minimum atomic E-state index is -5.08. The lowest BCUT2D eigenvalue weighted by Crippen LogP contribution is -2.38. The molecule has 6 rings (SSSR count). The van der Waals surface area contributed by atoms with Crippen molar-refractivity contribution in [1.82, 2.24) is 15.1 Å². The molecule has 0 spiro atoms. The number of alkyl halides is 3. The zero-order chi connectivity index (χ0) is 42.3. The van der Waals surface area contributed by atoms with Crippen molar-refractivity contribution in [3.8, 4) is 11.1 Å². The number of rotatable bonds is 15. The fourth-order valence-electron chi connectivity index (χ4n) is 8.04. The van der Waals surface area contributed by atoms with E-state index in [4.69, 9.17) is 14.6 Å². The van der Waals surface area contributed by atoms with Gasteiger partial charge in [0.1, 0.15) is 0 Å². The van der Waals surface area contributed by atoms with Crippen LogP contribution in [-0.4, -0.2) is 82.5 Å². The lowest BCUT2D eigenvalue weighted by Gasteiger charge is -2.32. The number of hydrogen-bond donors (Lipinski definition) is 3. The average molecular weight is 818 g/mol. The van der Waals surface area contributed by atoms with Crippen LogP contribution in [0.3, 0.4) is 0 Å². The molecule has 0 radical (unpaired) electrons. The van der Waals surface area contributed by atoms with Crippen LogP contribution in [-0.2, 0) is 27.3 Å². The summed E-state index contributed by atoms with van der Waals surface area (Å²) in [6, 6.07) is 26.5. The van der Waals surface area contributed by atoms with Gasteiger partial charge in [-0.05, 0) is 123 Å². The first-order chi connectivity index (χ1) is 28.3. The van der Waals surface area contributed by atoms with Gasteiger partial charge >= 0.3 is 12.1 Å². The van der Waals surface area contributed by atoms with Crippen LogP contribution >= 0.6 is 0 Å². The Balaban J connectivity index is 0.000000867. The summed E-state index contributed by atoms with van der Waals surface area (Å²) >= 11 is 0. The first kappa shape index (κ1) is 45.3. The fraction of sp³-hybridized carbons (Fsp3) is 0.468. The van der Waals surface area contributed by atoms with Crippen molar-refractivity contribution in [3.63, 3.8) is 0 Å². The van der Waals surface area contributed by atoms with Gasteiger partial charge < -0.3 is 30.1 Å². The highest BCUT2D eigenvalue weighted by atomic mass is 19.4. The van der Waals surface area contributed by atoms with Gasteiger partial charge in [-0.2, -0.15) is 13.2 Å². The van der Waals surface area contributed by atoms with Crippen molar-refractivity contribution >= 4 is 17.8 Å². The smallest absolute Gasteiger partial charge is 0.475 e. The lowest BCUT2D eigenvalue weighted by molar-refractivity contribution is -0.192. The van der Waals surface area contributed by atoms with E-state index >= 15 is 0 Å². The first-order valence-corrected chi connectivity index (χ1v) is 20.9. The van der Waals surface area contributed by atoms with Crippen LogP contribution < -0.4 is 5.32 Å². The summed E-state index contributed by atoms with van der Waals surface area (Å²) in [5, 5.41) is 21.4. The summed E-state index contributed by atoms with van der Waals surface area (Å²) in [5.74, 6) is -2.34. The minimum absolute atomic E-state index is 0.0391. The molecule has 3 aromatic carbocycles. The standard InChI is InChI=1S/C45H57N3O4.C2HF3O2/c1-2-52-45(51)26-20-42(21-27-45)48(43(49)19-8-14-35-10-4-3-5-11-35)34-38-15-7-16-39(32-38)40-17-9-18-41(33-40)44(50)47-30-24-37(25-31-47)13-6-12-36-22-28-46-29-23-36;3-2(4,5)1(6)7/h3-5,7,9-11,15-18,20-21,26,32-33,36-37,46,51H,2,6,8,12-14,19,22-25,27-31,34H2,1H3;(H,6,7). The van der Waals surface area contributed by atoms with Gasteiger partial charge in [-0.25, -0.2) is 4.79 Å². The number of aryl methyl sites for hydroxylation is 1. The summed E-state index contributed by atoms with van der Waals surface area (Å²) < 4.78 is 37.3. The average Bonchev–Trinajstić information content (AvgIpc) is 3.24. The maximum Gasteiger partial charge on any atom is 0.490 e. The molecule has 3 aliphatic rings. The van der Waals surface area contributed by atoms with Crippen LogP contribution in [0.15, 0.2) is 103 Å². The number of carbonyl (C=O) groups is 3. The van der Waals surface area contributed by atoms with Crippen molar-refractivity contribution in [3.05, 3.63) is 119 Å². The van der Waals surface area contributed by atoms with E-state index in [2.05, 4.69) is 35.6 Å². The Labute approximate surface area is 345 Å². The highest BCUT2D eigenvalue weighted by Crippen LogP contribution is 2.30. The van der Waals surface area contributed by atoms with Gasteiger partial charge in [-0.15, -0.1) is 0 Å². The van der Waals surface area contributed by atoms with E-state index in [-0.39, 0.29) is 18.2 Å². The number of ether oxygens (including phenoxy) is 1. The number of aliphatic hydroxyl groups is 1. The second-order valence-corrected chi connectivity index (χ2v) is 15.7. The number of halogens is 3. The molecule has 0 saturated carbocycles. The Kier molecular flexibility index (Phi) is 16.9. The number of carboxylic acids is 1. The van der Waals surface area contributed by atoms with Gasteiger partial charge in [0.2, 0.25) is 5.91 Å². The van der Waals surface area contributed by atoms with Gasteiger partial charge in [0, 0.05) is 43.8 Å². The summed E-state index contributed by atoms with van der Waals surface area (Å²) in [6.07, 6.45) is 11.3. The van der Waals surface area contributed by atoms with Crippen molar-refractivity contribution in [2.24, 2.45) is 11.8 Å². The topological polar surface area (TPSA) is 119 Å². The van der Waals surface area contributed by atoms with Crippen LogP contribution in [0.1, 0.15) is 92.6 Å². The van der Waals surface area contributed by atoms with E-state index in [0.29, 0.717) is 19.6 Å². The van der Waals surface area contributed by atoms with E-state index in [1.54, 1.807) is 12.2 Å². The van der Waals surface area contributed by atoms with Gasteiger partial charge in [-0.1, -0.05) is 86.0 Å². The number of amides is 2. The maximum atomic E-state index is 13.8. The normalized spacial score (nSPS) is 18.7. The lowest BCUT2D eigenvalue weighted by atomic mass is 9.87. The highest BCUT2D eigenvalue weighted by Gasteiger charge is 2.38. The molecule has 2 amide bonds. The molecule has 3 N–H and O–H groups in total. The quantitative estimate of drug-likeness (QED) is 0.131. The Morgan fingerprint density at radius 2 is 1.49 bits per heavy atom. The Morgan fingerprint density at radius 1 is 0.864 bits per heavy atom. The zero-order valence-electron chi connectivity index (χ0n) is 34.0. The number of aliphatic carboxylic acids is 1. The number of hydrogen-bond acceptors (Lipinski definition) is 6. The summed E-state index contributed by atoms with van der Waals surface area (Å²) in [4.78, 5) is 40.2. The summed E-state index contributed by atoms with van der Waals surface area (Å²) in [5.41, 5.74) is 5.69. The number of benzene rings is 3. The number of nitrogens with one attached hydrogen (secondary N) is 1. The molecule has 1 unspecified atom stereocenters. The van der Waals surface area contributed by atoms with Crippen molar-refractivity contribution < 1.29 is 42.5 Å². The molecule has 9 nitrogen and oxygen atoms in total. The van der Waals surface area contributed by atoms with Gasteiger partial charge in [0.25, 0.3) is 5.91 Å². The Morgan fingerprint density at radius 3 is 2.12 bits per heavy atom. The number of carbonyl (C=O) groups excluding carboxylic acids is 2. The third-order valence-corrected chi connectivity index (χ3v) is 11.4. The van der Waals surface area contributed by atoms with Crippen molar-refractivity contribution in [1.29, 1.82) is 0 Å². The molecular formula is C47H58F3N3O6. The minimum Gasteiger partial charge on any atom is -0.475 e. The fourth-order valence-corrected chi connectivity index (χ4v) is 8.04. The van der Waals surface area contributed by atoms with E-state index in [0.717, 1.165) is 78.6 Å². The Bertz CT molecular complexity index is 1890. The third-order valence-electron chi connectivity index (χ3n) is 11.4. The van der Waals surface area contributed by atoms with Gasteiger partial charge in [0.15, 0.2) is 5.79 Å². The highest BCUT2D eigenvalue weighted by molar-refractivity contribution is 5.95. The molecule has 2 aliphatic heterocycles. The SMILES string of the molecule is CCOC1(O)C=CC(N(Cc2cccc(-c3cccc(C(=O)N4CCC(CCCC5CCNCC5)CC4)c3)c2)C(=O)CCCc2ccccc2)=CC1.O=C(O)C(F)(F)F. The molecule has 2 heterocycles. The van der Waals surface area contributed by atoms with E-state index in [1.807, 2.05) is 71.3 Å². The molecule has 59 heavy (non-hydrogen) atoms. The second kappa shape index (κ2) is 22.0. The zero-order valence-corrected chi connectivity index (χ0v) is 34.0. The molecule has 1 aliphatic carbocycles. The van der Waals surface area contributed by atoms with E-state index in [1.165, 1.54) is 50.8 Å². The molecular weight excluding hydrogens is 760 g/mol. The molecule has 12 heteroatoms. The van der Waals surface area contributed by atoms with Crippen LogP contribution in [0.4, 0.5) is 13.2 Å². The predicted octanol–water partition coefficient (Wildman–Crippen LogP) is 8.93. The third kappa shape index (κ3) is 14.2. The number of carboxylic acid groups (broad SMARTS) is 1. The molecule has 0 aromatic heterocycles. The largest absolute Gasteiger partial charge is 0.490 e. The summed E-state index contributed by atoms with van der Waals surface area (Å²) in [6.45, 7) is 6.65. The van der Waals surface area contributed by atoms with Crippen LogP contribution in [0.5, 0.6) is 0 Å². The molecule has 1 atom stereocenters. The molecule has 3 aromatic rings. The molecule has 0 bridgehead atoms. The molecule has 318 valence electrons. The number of nitrogens with zero attached hydrogens (tertiary/aromatic N) is 2. The number of likely N-dealkylation sites (tertiary alicyclic amines) is 1. The van der Waals surface area contributed by atoms with E-state index in [9.17, 15) is 27.9 Å². The van der Waals surface area contributed by atoms with Crippen LogP contribution in [0.25, 0.3) is 11.1 Å². The van der Waals surface area contributed by atoms with Gasteiger partial charge in [-0.3, -0.25) is 9.59 Å². The molecule has 2 saturated heterocycles. The second-order valence-electron chi connectivity index (χ2n) is 15.7. The Hall–Kier alpha value is -4.78. The number of allylic oxidation sites excluding steroid dienone is 1. The maximum absolute atomic E-state index is 13.8. The van der Waals surface area contributed by atoms with E-state index < -0.39 is 17.9 Å².